The predicted octanol–water partition coefficient (Wildman–Crippen LogP) is 3.36. The highest BCUT2D eigenvalue weighted by molar-refractivity contribution is 7.91. The van der Waals surface area contributed by atoms with Gasteiger partial charge in [-0.3, -0.25) is 0 Å². The number of nitrogens with one attached hydrogen (secondary N) is 1. The number of phenols is 1. The summed E-state index contributed by atoms with van der Waals surface area (Å²) in [4.78, 5) is 0.287. The third-order valence-electron chi connectivity index (χ3n) is 3.38. The second-order valence-electron chi connectivity index (χ2n) is 4.82. The van der Waals surface area contributed by atoms with Crippen LogP contribution in [-0.4, -0.2) is 19.3 Å². The summed E-state index contributed by atoms with van der Waals surface area (Å²) in [6.07, 6.45) is 0. The highest BCUT2D eigenvalue weighted by Gasteiger charge is 2.18. The molecular weight excluding hydrogens is 286 g/mol. The Balaban J connectivity index is 2.35. The molecule has 0 spiro atoms. The molecule has 0 saturated heterocycles. The summed E-state index contributed by atoms with van der Waals surface area (Å²) in [6.45, 7) is 3.50. The van der Waals surface area contributed by atoms with E-state index in [0.717, 1.165) is 5.56 Å². The maximum atomic E-state index is 12.1. The van der Waals surface area contributed by atoms with Gasteiger partial charge in [-0.2, -0.15) is 0 Å². The molecule has 1 atom stereocenters. The summed E-state index contributed by atoms with van der Waals surface area (Å²) < 4.78 is 24.2. The number of para-hydroxylation sites is 2. The molecule has 0 aromatic heterocycles. The van der Waals surface area contributed by atoms with Crippen LogP contribution < -0.4 is 5.32 Å². The summed E-state index contributed by atoms with van der Waals surface area (Å²) in [5, 5.41) is 13.0. The van der Waals surface area contributed by atoms with Gasteiger partial charge < -0.3 is 10.4 Å². The Morgan fingerprint density at radius 1 is 1.10 bits per heavy atom. The summed E-state index contributed by atoms with van der Waals surface area (Å²) in [5.74, 6) is 0.241. The van der Waals surface area contributed by atoms with Crippen molar-refractivity contribution in [3.8, 4) is 5.75 Å². The number of phenolic OH excluding ortho intramolecular Hbond substituents is 1. The van der Waals surface area contributed by atoms with Crippen molar-refractivity contribution >= 4 is 15.5 Å². The number of aromatic hydroxyl groups is 1. The van der Waals surface area contributed by atoms with Gasteiger partial charge in [-0.15, -0.1) is 0 Å². The lowest BCUT2D eigenvalue weighted by Gasteiger charge is -2.19. The Bertz CT molecular complexity index is 726. The van der Waals surface area contributed by atoms with E-state index in [4.69, 9.17) is 0 Å². The van der Waals surface area contributed by atoms with Crippen molar-refractivity contribution in [1.29, 1.82) is 0 Å². The van der Waals surface area contributed by atoms with Crippen LogP contribution in [0.25, 0.3) is 0 Å². The number of rotatable bonds is 5. The molecule has 2 N–H and O–H groups in total. The summed E-state index contributed by atoms with van der Waals surface area (Å²) in [6, 6.07) is 13.6. The fraction of sp³-hybridized carbons (Fsp3) is 0.250. The van der Waals surface area contributed by atoms with Gasteiger partial charge in [0, 0.05) is 5.56 Å². The first kappa shape index (κ1) is 15.4. The highest BCUT2D eigenvalue weighted by Crippen LogP contribution is 2.29. The average Bonchev–Trinajstić information content (AvgIpc) is 2.48. The van der Waals surface area contributed by atoms with Crippen LogP contribution in [0, 0.1) is 0 Å². The lowest BCUT2D eigenvalue weighted by Crippen LogP contribution is -2.12. The van der Waals surface area contributed by atoms with Gasteiger partial charge in [0.05, 0.1) is 22.4 Å². The zero-order chi connectivity index (χ0) is 15.5. The largest absolute Gasteiger partial charge is 0.508 e. The lowest BCUT2D eigenvalue weighted by atomic mass is 10.1. The maximum absolute atomic E-state index is 12.1. The molecule has 0 aliphatic heterocycles. The minimum Gasteiger partial charge on any atom is -0.508 e. The van der Waals surface area contributed by atoms with Crippen LogP contribution in [0.3, 0.4) is 0 Å². The van der Waals surface area contributed by atoms with Crippen molar-refractivity contribution in [1.82, 2.24) is 0 Å². The second-order valence-corrected chi connectivity index (χ2v) is 7.07. The summed E-state index contributed by atoms with van der Waals surface area (Å²) in [7, 11) is -3.29. The standard InChI is InChI=1S/C16H19NO3S/c1-3-21(19,20)16-11-7-5-9-14(16)17-12(2)13-8-4-6-10-15(13)18/h4-12,17-18H,3H2,1-2H3. The molecule has 0 saturated carbocycles. The van der Waals surface area contributed by atoms with Crippen molar-refractivity contribution in [2.75, 3.05) is 11.1 Å². The highest BCUT2D eigenvalue weighted by atomic mass is 32.2. The Kier molecular flexibility index (Phi) is 4.53. The van der Waals surface area contributed by atoms with Gasteiger partial charge in [0.15, 0.2) is 9.84 Å². The van der Waals surface area contributed by atoms with E-state index in [1.54, 1.807) is 43.3 Å². The molecule has 0 amide bonds. The Labute approximate surface area is 125 Å². The first-order valence-electron chi connectivity index (χ1n) is 6.82. The Hall–Kier alpha value is -2.01. The molecule has 1 unspecified atom stereocenters. The molecule has 2 aromatic carbocycles. The van der Waals surface area contributed by atoms with Crippen LogP contribution in [-0.2, 0) is 9.84 Å². The molecule has 0 bridgehead atoms. The minimum atomic E-state index is -3.29. The van der Waals surface area contributed by atoms with E-state index in [1.165, 1.54) is 0 Å². The topological polar surface area (TPSA) is 66.4 Å². The molecule has 0 heterocycles. The Morgan fingerprint density at radius 2 is 1.71 bits per heavy atom. The third kappa shape index (κ3) is 3.36. The molecular formula is C16H19NO3S. The fourth-order valence-corrected chi connectivity index (χ4v) is 3.24. The Morgan fingerprint density at radius 3 is 2.38 bits per heavy atom. The van der Waals surface area contributed by atoms with Gasteiger partial charge in [-0.25, -0.2) is 8.42 Å². The van der Waals surface area contributed by atoms with Crippen molar-refractivity contribution in [2.24, 2.45) is 0 Å². The molecule has 0 fully saturated rings. The first-order valence-corrected chi connectivity index (χ1v) is 8.47. The molecule has 2 rings (SSSR count). The molecule has 0 radical (unpaired) electrons. The van der Waals surface area contributed by atoms with E-state index in [1.807, 2.05) is 19.1 Å². The maximum Gasteiger partial charge on any atom is 0.180 e. The normalized spacial score (nSPS) is 12.9. The molecule has 0 aliphatic carbocycles. The smallest absolute Gasteiger partial charge is 0.180 e. The zero-order valence-corrected chi connectivity index (χ0v) is 12.9. The third-order valence-corrected chi connectivity index (χ3v) is 5.16. The van der Waals surface area contributed by atoms with Crippen LogP contribution in [0.1, 0.15) is 25.5 Å². The van der Waals surface area contributed by atoms with E-state index < -0.39 is 9.84 Å². The van der Waals surface area contributed by atoms with Gasteiger partial charge in [0.25, 0.3) is 0 Å². The average molecular weight is 305 g/mol. The predicted molar refractivity (Wildman–Crippen MR) is 84.3 cm³/mol. The van der Waals surface area contributed by atoms with Crippen molar-refractivity contribution in [2.45, 2.75) is 24.8 Å². The van der Waals surface area contributed by atoms with E-state index in [0.29, 0.717) is 5.69 Å². The van der Waals surface area contributed by atoms with Crippen LogP contribution in [0.5, 0.6) is 5.75 Å². The van der Waals surface area contributed by atoms with Gasteiger partial charge in [0.2, 0.25) is 0 Å². The number of benzene rings is 2. The quantitative estimate of drug-likeness (QED) is 0.889. The van der Waals surface area contributed by atoms with Crippen molar-refractivity contribution < 1.29 is 13.5 Å². The molecule has 21 heavy (non-hydrogen) atoms. The SMILES string of the molecule is CCS(=O)(=O)c1ccccc1NC(C)c1ccccc1O. The second kappa shape index (κ2) is 6.18. The van der Waals surface area contributed by atoms with Crippen molar-refractivity contribution in [3.63, 3.8) is 0 Å². The lowest BCUT2D eigenvalue weighted by molar-refractivity contribution is 0.465. The molecule has 112 valence electrons. The summed E-state index contributed by atoms with van der Waals surface area (Å²) in [5.41, 5.74) is 1.27. The summed E-state index contributed by atoms with van der Waals surface area (Å²) >= 11 is 0. The van der Waals surface area contributed by atoms with Crippen LogP contribution in [0.2, 0.25) is 0 Å². The van der Waals surface area contributed by atoms with Gasteiger partial charge in [-0.05, 0) is 25.1 Å². The number of hydrogen-bond donors (Lipinski definition) is 2. The molecule has 0 aliphatic rings. The molecule has 5 heteroatoms. The molecule has 2 aromatic rings. The number of anilines is 1. The van der Waals surface area contributed by atoms with Gasteiger partial charge in [-0.1, -0.05) is 37.3 Å². The van der Waals surface area contributed by atoms with E-state index in [2.05, 4.69) is 5.32 Å². The fourth-order valence-electron chi connectivity index (χ4n) is 2.18. The van der Waals surface area contributed by atoms with Gasteiger partial charge >= 0.3 is 0 Å². The first-order chi connectivity index (χ1) is 9.95. The van der Waals surface area contributed by atoms with Gasteiger partial charge in [0.1, 0.15) is 5.75 Å². The molecule has 4 nitrogen and oxygen atoms in total. The van der Waals surface area contributed by atoms with Crippen molar-refractivity contribution in [3.05, 3.63) is 54.1 Å². The van der Waals surface area contributed by atoms with E-state index in [9.17, 15) is 13.5 Å². The van der Waals surface area contributed by atoms with E-state index >= 15 is 0 Å². The van der Waals surface area contributed by atoms with Crippen LogP contribution >= 0.6 is 0 Å². The van der Waals surface area contributed by atoms with Crippen LogP contribution in [0.4, 0.5) is 5.69 Å². The number of sulfone groups is 1. The van der Waals surface area contributed by atoms with Crippen LogP contribution in [0.15, 0.2) is 53.4 Å². The van der Waals surface area contributed by atoms with E-state index in [-0.39, 0.29) is 22.4 Å². The minimum absolute atomic E-state index is 0.0522. The number of hydrogen-bond acceptors (Lipinski definition) is 4. The monoisotopic (exact) mass is 305 g/mol. The zero-order valence-electron chi connectivity index (χ0n) is 12.1.